The number of benzene rings is 1. The molecule has 0 aliphatic heterocycles. The molecule has 0 bridgehead atoms. The van der Waals surface area contributed by atoms with E-state index in [4.69, 9.17) is 16.3 Å². The molecular weight excluding hydrogens is 413 g/mol. The van der Waals surface area contributed by atoms with Crippen molar-refractivity contribution >= 4 is 29.0 Å². The lowest BCUT2D eigenvalue weighted by molar-refractivity contribution is 0.210. The van der Waals surface area contributed by atoms with Gasteiger partial charge in [-0.15, -0.1) is 10.2 Å². The Morgan fingerprint density at radius 2 is 2.10 bits per heavy atom. The summed E-state index contributed by atoms with van der Waals surface area (Å²) in [6.45, 7) is 4.59. The molecule has 1 aromatic carbocycles. The minimum Gasteiger partial charge on any atom is -0.481 e. The van der Waals surface area contributed by atoms with E-state index in [0.29, 0.717) is 23.9 Å². The van der Waals surface area contributed by atoms with E-state index >= 15 is 0 Å². The van der Waals surface area contributed by atoms with Crippen molar-refractivity contribution in [2.24, 2.45) is 0 Å². The number of nitrogens with zero attached hydrogens (tertiary/aromatic N) is 5. The summed E-state index contributed by atoms with van der Waals surface area (Å²) in [6, 6.07) is 9.97. The van der Waals surface area contributed by atoms with E-state index in [1.165, 1.54) is 18.2 Å². The highest BCUT2D eigenvalue weighted by atomic mass is 35.5. The summed E-state index contributed by atoms with van der Waals surface area (Å²) in [7, 11) is 0. The minimum absolute atomic E-state index is 0.223. The monoisotopic (exact) mass is 431 g/mol. The topological polar surface area (TPSA) is 57.2 Å². The lowest BCUT2D eigenvalue weighted by Crippen LogP contribution is -2.12. The standard InChI is InChI=1S/C20H19ClFN5OS/c1-3-27-19(13(2)28-17-8-7-14(22)10-16(17)21)24-25-20(27)29-12-15-11-26-9-5-4-6-18(26)23-15/h4-11,13H,3,12H2,1-2H3. The van der Waals surface area contributed by atoms with Gasteiger partial charge in [-0.25, -0.2) is 9.37 Å². The zero-order valence-electron chi connectivity index (χ0n) is 15.9. The smallest absolute Gasteiger partial charge is 0.191 e. The van der Waals surface area contributed by atoms with Crippen molar-refractivity contribution in [1.82, 2.24) is 24.1 Å². The molecule has 0 aliphatic rings. The molecule has 150 valence electrons. The Morgan fingerprint density at radius 1 is 1.24 bits per heavy atom. The van der Waals surface area contributed by atoms with Crippen molar-refractivity contribution < 1.29 is 9.13 Å². The highest BCUT2D eigenvalue weighted by molar-refractivity contribution is 7.98. The van der Waals surface area contributed by atoms with Crippen LogP contribution in [0.15, 0.2) is 53.9 Å². The Bertz CT molecular complexity index is 1110. The van der Waals surface area contributed by atoms with Crippen molar-refractivity contribution in [3.8, 4) is 5.75 Å². The molecule has 3 heterocycles. The van der Waals surface area contributed by atoms with E-state index in [1.54, 1.807) is 11.8 Å². The zero-order valence-corrected chi connectivity index (χ0v) is 17.5. The number of aromatic nitrogens is 5. The Hall–Kier alpha value is -2.58. The van der Waals surface area contributed by atoms with Crippen LogP contribution in [0.25, 0.3) is 5.65 Å². The van der Waals surface area contributed by atoms with Gasteiger partial charge in [-0.05, 0) is 44.2 Å². The first-order valence-corrected chi connectivity index (χ1v) is 10.5. The van der Waals surface area contributed by atoms with E-state index in [2.05, 4.69) is 15.2 Å². The molecule has 0 aliphatic carbocycles. The summed E-state index contributed by atoms with van der Waals surface area (Å²) in [5.74, 6) is 1.37. The predicted octanol–water partition coefficient (Wildman–Crippen LogP) is 5.17. The van der Waals surface area contributed by atoms with E-state index in [1.807, 2.05) is 53.4 Å². The fourth-order valence-corrected chi connectivity index (χ4v) is 4.12. The molecule has 1 atom stereocenters. The average molecular weight is 432 g/mol. The Balaban J connectivity index is 1.49. The van der Waals surface area contributed by atoms with Crippen molar-refractivity contribution in [3.63, 3.8) is 0 Å². The molecule has 4 aromatic rings. The van der Waals surface area contributed by atoms with Gasteiger partial charge in [0.25, 0.3) is 0 Å². The second-order valence-electron chi connectivity index (χ2n) is 6.41. The van der Waals surface area contributed by atoms with Crippen molar-refractivity contribution in [2.45, 2.75) is 37.4 Å². The second kappa shape index (κ2) is 8.42. The summed E-state index contributed by atoms with van der Waals surface area (Å²) in [4.78, 5) is 4.61. The fraction of sp³-hybridized carbons (Fsp3) is 0.250. The van der Waals surface area contributed by atoms with Gasteiger partial charge < -0.3 is 13.7 Å². The van der Waals surface area contributed by atoms with Gasteiger partial charge in [0.05, 0.1) is 10.7 Å². The van der Waals surface area contributed by atoms with Crippen LogP contribution in [-0.4, -0.2) is 24.1 Å². The summed E-state index contributed by atoms with van der Waals surface area (Å²) in [5, 5.41) is 9.65. The molecule has 29 heavy (non-hydrogen) atoms. The zero-order chi connectivity index (χ0) is 20.4. The van der Waals surface area contributed by atoms with Crippen LogP contribution in [0.5, 0.6) is 5.75 Å². The highest BCUT2D eigenvalue weighted by Crippen LogP contribution is 2.30. The van der Waals surface area contributed by atoms with E-state index in [0.717, 1.165) is 16.5 Å². The average Bonchev–Trinajstić information content (AvgIpc) is 3.31. The lowest BCUT2D eigenvalue weighted by atomic mass is 10.3. The Kier molecular flexibility index (Phi) is 5.73. The first-order chi connectivity index (χ1) is 14.0. The van der Waals surface area contributed by atoms with Crippen LogP contribution in [0.4, 0.5) is 4.39 Å². The number of fused-ring (bicyclic) bond motifs is 1. The molecule has 1 unspecified atom stereocenters. The SMILES string of the molecule is CCn1c(SCc2cn3ccccc3n2)nnc1C(C)Oc1ccc(F)cc1Cl. The van der Waals surface area contributed by atoms with Crippen molar-refractivity contribution in [3.05, 3.63) is 71.2 Å². The van der Waals surface area contributed by atoms with Crippen molar-refractivity contribution in [1.29, 1.82) is 0 Å². The molecule has 0 fully saturated rings. The number of hydrogen-bond donors (Lipinski definition) is 0. The fourth-order valence-electron chi connectivity index (χ4n) is 3.01. The molecular formula is C20H19ClFN5OS. The van der Waals surface area contributed by atoms with Crippen LogP contribution < -0.4 is 4.74 Å². The summed E-state index contributed by atoms with van der Waals surface area (Å²) in [6.07, 6.45) is 3.59. The maximum atomic E-state index is 13.2. The summed E-state index contributed by atoms with van der Waals surface area (Å²) in [5.41, 5.74) is 1.88. The number of rotatable bonds is 7. The van der Waals surface area contributed by atoms with Crippen LogP contribution >= 0.6 is 23.4 Å². The number of hydrogen-bond acceptors (Lipinski definition) is 5. The third-order valence-electron chi connectivity index (χ3n) is 4.39. The van der Waals surface area contributed by atoms with Gasteiger partial charge in [-0.2, -0.15) is 0 Å². The molecule has 0 spiro atoms. The normalized spacial score (nSPS) is 12.4. The third kappa shape index (κ3) is 4.23. The van der Waals surface area contributed by atoms with Gasteiger partial charge in [0.2, 0.25) is 0 Å². The number of halogens is 2. The second-order valence-corrected chi connectivity index (χ2v) is 7.76. The molecule has 4 rings (SSSR count). The highest BCUT2D eigenvalue weighted by Gasteiger charge is 2.20. The van der Waals surface area contributed by atoms with E-state index < -0.39 is 11.9 Å². The Labute approximate surface area is 176 Å². The summed E-state index contributed by atoms with van der Waals surface area (Å²) < 4.78 is 23.1. The lowest BCUT2D eigenvalue weighted by Gasteiger charge is -2.16. The van der Waals surface area contributed by atoms with Gasteiger partial charge in [-0.3, -0.25) is 0 Å². The number of ether oxygens (including phenoxy) is 1. The predicted molar refractivity (Wildman–Crippen MR) is 111 cm³/mol. The van der Waals surface area contributed by atoms with Crippen LogP contribution in [0.2, 0.25) is 5.02 Å². The van der Waals surface area contributed by atoms with Gasteiger partial charge in [0.15, 0.2) is 17.1 Å². The van der Waals surface area contributed by atoms with E-state index in [-0.39, 0.29) is 5.02 Å². The Morgan fingerprint density at radius 3 is 2.86 bits per heavy atom. The van der Waals surface area contributed by atoms with Gasteiger partial charge >= 0.3 is 0 Å². The number of thioether (sulfide) groups is 1. The quantitative estimate of drug-likeness (QED) is 0.378. The molecule has 6 nitrogen and oxygen atoms in total. The van der Waals surface area contributed by atoms with Crippen LogP contribution in [0.3, 0.4) is 0 Å². The summed E-state index contributed by atoms with van der Waals surface area (Å²) >= 11 is 7.64. The van der Waals surface area contributed by atoms with Crippen LogP contribution in [0.1, 0.15) is 31.5 Å². The molecule has 9 heteroatoms. The third-order valence-corrected chi connectivity index (χ3v) is 5.68. The van der Waals surface area contributed by atoms with E-state index in [9.17, 15) is 4.39 Å². The van der Waals surface area contributed by atoms with Crippen molar-refractivity contribution in [2.75, 3.05) is 0 Å². The first kappa shape index (κ1) is 19.7. The molecule has 0 radical (unpaired) electrons. The van der Waals surface area contributed by atoms with Gasteiger partial charge in [0, 0.05) is 24.7 Å². The first-order valence-electron chi connectivity index (χ1n) is 9.15. The van der Waals surface area contributed by atoms with Crippen LogP contribution in [-0.2, 0) is 12.3 Å². The number of pyridine rings is 1. The van der Waals surface area contributed by atoms with Gasteiger partial charge in [-0.1, -0.05) is 29.4 Å². The van der Waals surface area contributed by atoms with Gasteiger partial charge in [0.1, 0.15) is 17.2 Å². The molecule has 3 aromatic heterocycles. The van der Waals surface area contributed by atoms with Crippen LogP contribution in [0, 0.1) is 5.82 Å². The minimum atomic E-state index is -0.405. The number of imidazole rings is 1. The maximum absolute atomic E-state index is 13.2. The maximum Gasteiger partial charge on any atom is 0.191 e. The molecule has 0 saturated carbocycles. The molecule has 0 N–H and O–H groups in total. The largest absolute Gasteiger partial charge is 0.481 e. The molecule has 0 saturated heterocycles. The molecule has 0 amide bonds.